The highest BCUT2D eigenvalue weighted by Gasteiger charge is 2.31. The molecule has 0 bridgehead atoms. The Morgan fingerprint density at radius 1 is 1.06 bits per heavy atom. The summed E-state index contributed by atoms with van der Waals surface area (Å²) in [5.74, 6) is 0.155. The molecule has 1 heterocycles. The van der Waals surface area contributed by atoms with Gasteiger partial charge < -0.3 is 10.1 Å². The molecule has 2 aliphatic rings. The van der Waals surface area contributed by atoms with Gasteiger partial charge in [-0.2, -0.15) is 0 Å². The Morgan fingerprint density at radius 3 is 2.47 bits per heavy atom. The van der Waals surface area contributed by atoms with Crippen molar-refractivity contribution in [1.29, 1.82) is 0 Å². The van der Waals surface area contributed by atoms with Crippen LogP contribution in [-0.4, -0.2) is 24.5 Å². The number of rotatable bonds is 7. The number of anilines is 1. The molecule has 1 fully saturated rings. The van der Waals surface area contributed by atoms with Crippen LogP contribution < -0.4 is 10.6 Å². The first kappa shape index (κ1) is 24.9. The van der Waals surface area contributed by atoms with Crippen LogP contribution in [0.5, 0.6) is 0 Å². The molecule has 1 aromatic heterocycles. The Kier molecular flexibility index (Phi) is 8.79. The number of thiophene rings is 1. The van der Waals surface area contributed by atoms with E-state index in [4.69, 9.17) is 4.74 Å². The van der Waals surface area contributed by atoms with Crippen LogP contribution in [0.3, 0.4) is 0 Å². The van der Waals surface area contributed by atoms with E-state index in [1.807, 2.05) is 37.3 Å². The van der Waals surface area contributed by atoms with E-state index in [1.54, 1.807) is 11.3 Å². The molecule has 1 amide bonds. The SMILES string of the molecule is CCOC(=O)c1c(NC(=O)C(NC2CCCCCCC2)c2ccccc2)sc2c1CCC(C)C2. The lowest BCUT2D eigenvalue weighted by atomic mass is 9.88. The van der Waals surface area contributed by atoms with Crippen molar-refractivity contribution in [3.8, 4) is 0 Å². The van der Waals surface area contributed by atoms with Gasteiger partial charge in [-0.05, 0) is 56.1 Å². The summed E-state index contributed by atoms with van der Waals surface area (Å²) in [7, 11) is 0. The first-order valence-corrected chi connectivity index (χ1v) is 13.8. The number of carbonyl (C=O) groups excluding carboxylic acids is 2. The lowest BCUT2D eigenvalue weighted by Crippen LogP contribution is -2.40. The number of carbonyl (C=O) groups is 2. The molecule has 6 heteroatoms. The number of ether oxygens (including phenoxy) is 1. The largest absolute Gasteiger partial charge is 0.462 e. The zero-order chi connectivity index (χ0) is 23.9. The Hall–Kier alpha value is -2.18. The van der Waals surface area contributed by atoms with Gasteiger partial charge in [0.1, 0.15) is 11.0 Å². The fourth-order valence-electron chi connectivity index (χ4n) is 5.27. The molecular formula is C28H38N2O3S. The van der Waals surface area contributed by atoms with Gasteiger partial charge in [0.05, 0.1) is 12.2 Å². The van der Waals surface area contributed by atoms with E-state index in [1.165, 1.54) is 37.0 Å². The molecule has 5 nitrogen and oxygen atoms in total. The average Bonchev–Trinajstić information content (AvgIpc) is 3.15. The van der Waals surface area contributed by atoms with E-state index in [0.717, 1.165) is 43.2 Å². The van der Waals surface area contributed by atoms with Crippen molar-refractivity contribution >= 4 is 28.2 Å². The third-order valence-corrected chi connectivity index (χ3v) is 8.30. The van der Waals surface area contributed by atoms with Crippen molar-refractivity contribution in [2.24, 2.45) is 5.92 Å². The van der Waals surface area contributed by atoms with Gasteiger partial charge in [0.2, 0.25) is 5.91 Å². The van der Waals surface area contributed by atoms with Gasteiger partial charge in [-0.15, -0.1) is 11.3 Å². The summed E-state index contributed by atoms with van der Waals surface area (Å²) in [6, 6.07) is 9.80. The second-order valence-electron chi connectivity index (χ2n) is 9.82. The van der Waals surface area contributed by atoms with E-state index in [-0.39, 0.29) is 11.9 Å². The third-order valence-electron chi connectivity index (χ3n) is 7.13. The van der Waals surface area contributed by atoms with Crippen molar-refractivity contribution in [1.82, 2.24) is 5.32 Å². The minimum absolute atomic E-state index is 0.106. The standard InChI is InChI=1S/C28H38N2O3S/c1-3-33-28(32)24-22-17-16-19(2)18-23(22)34-27(24)30-26(31)25(20-12-8-7-9-13-20)29-21-14-10-5-4-6-11-15-21/h7-9,12-13,19,21,25,29H,3-6,10-11,14-18H2,1-2H3,(H,30,31). The first-order valence-electron chi connectivity index (χ1n) is 13.0. The van der Waals surface area contributed by atoms with E-state index >= 15 is 0 Å². The lowest BCUT2D eigenvalue weighted by Gasteiger charge is -2.27. The van der Waals surface area contributed by atoms with Crippen LogP contribution in [0.4, 0.5) is 5.00 Å². The molecule has 2 atom stereocenters. The molecule has 0 spiro atoms. The predicted octanol–water partition coefficient (Wildman–Crippen LogP) is 6.43. The van der Waals surface area contributed by atoms with E-state index in [0.29, 0.717) is 29.1 Å². The van der Waals surface area contributed by atoms with Gasteiger partial charge in [0, 0.05) is 10.9 Å². The number of esters is 1. The highest BCUT2D eigenvalue weighted by Crippen LogP contribution is 2.40. The van der Waals surface area contributed by atoms with Gasteiger partial charge in [-0.1, -0.05) is 69.4 Å². The van der Waals surface area contributed by atoms with Crippen LogP contribution in [0.25, 0.3) is 0 Å². The quantitative estimate of drug-likeness (QED) is 0.446. The number of benzene rings is 1. The lowest BCUT2D eigenvalue weighted by molar-refractivity contribution is -0.118. The zero-order valence-electron chi connectivity index (χ0n) is 20.5. The molecule has 2 unspecified atom stereocenters. The summed E-state index contributed by atoms with van der Waals surface area (Å²) in [6.45, 7) is 4.39. The number of nitrogens with one attached hydrogen (secondary N) is 2. The Morgan fingerprint density at radius 2 is 1.76 bits per heavy atom. The minimum Gasteiger partial charge on any atom is -0.462 e. The number of hydrogen-bond donors (Lipinski definition) is 2. The van der Waals surface area contributed by atoms with Crippen LogP contribution in [0.15, 0.2) is 30.3 Å². The summed E-state index contributed by atoms with van der Waals surface area (Å²) in [6.07, 6.45) is 11.3. The summed E-state index contributed by atoms with van der Waals surface area (Å²) >= 11 is 1.55. The van der Waals surface area contributed by atoms with Crippen molar-refractivity contribution < 1.29 is 14.3 Å². The Bertz CT molecular complexity index is 964. The third kappa shape index (κ3) is 6.08. The van der Waals surface area contributed by atoms with Crippen LogP contribution >= 0.6 is 11.3 Å². The summed E-state index contributed by atoms with van der Waals surface area (Å²) in [5, 5.41) is 7.47. The topological polar surface area (TPSA) is 67.4 Å². The maximum atomic E-state index is 13.7. The predicted molar refractivity (Wildman–Crippen MR) is 139 cm³/mol. The summed E-state index contributed by atoms with van der Waals surface area (Å²) < 4.78 is 5.39. The van der Waals surface area contributed by atoms with E-state index < -0.39 is 6.04 Å². The average molecular weight is 483 g/mol. The smallest absolute Gasteiger partial charge is 0.341 e. The fourth-order valence-corrected chi connectivity index (χ4v) is 6.67. The molecule has 184 valence electrons. The van der Waals surface area contributed by atoms with E-state index in [2.05, 4.69) is 17.6 Å². The Labute approximate surface area is 207 Å². The molecule has 1 saturated carbocycles. The highest BCUT2D eigenvalue weighted by atomic mass is 32.1. The molecule has 0 saturated heterocycles. The normalized spacial score (nSPS) is 20.0. The molecule has 2 aromatic rings. The van der Waals surface area contributed by atoms with Gasteiger partial charge in [-0.25, -0.2) is 4.79 Å². The van der Waals surface area contributed by atoms with Crippen LogP contribution in [0.2, 0.25) is 0 Å². The van der Waals surface area contributed by atoms with Gasteiger partial charge in [-0.3, -0.25) is 10.1 Å². The molecule has 0 aliphatic heterocycles. The summed E-state index contributed by atoms with van der Waals surface area (Å²) in [5.41, 5.74) is 2.59. The first-order chi connectivity index (χ1) is 16.6. The van der Waals surface area contributed by atoms with Crippen LogP contribution in [0.1, 0.15) is 97.6 Å². The molecule has 2 aliphatic carbocycles. The fraction of sp³-hybridized carbons (Fsp3) is 0.571. The second-order valence-corrected chi connectivity index (χ2v) is 10.9. The van der Waals surface area contributed by atoms with Gasteiger partial charge in [0.15, 0.2) is 0 Å². The van der Waals surface area contributed by atoms with Crippen molar-refractivity contribution in [2.45, 2.75) is 90.1 Å². The molecule has 0 radical (unpaired) electrons. The monoisotopic (exact) mass is 482 g/mol. The van der Waals surface area contributed by atoms with Gasteiger partial charge >= 0.3 is 5.97 Å². The van der Waals surface area contributed by atoms with Crippen LogP contribution in [-0.2, 0) is 22.4 Å². The summed E-state index contributed by atoms with van der Waals surface area (Å²) in [4.78, 5) is 27.8. The molecule has 34 heavy (non-hydrogen) atoms. The molecule has 1 aromatic carbocycles. The van der Waals surface area contributed by atoms with Crippen molar-refractivity contribution in [3.63, 3.8) is 0 Å². The minimum atomic E-state index is -0.460. The molecular weight excluding hydrogens is 444 g/mol. The number of fused-ring (bicyclic) bond motifs is 1. The molecule has 2 N–H and O–H groups in total. The second kappa shape index (κ2) is 12.0. The van der Waals surface area contributed by atoms with Crippen molar-refractivity contribution in [2.75, 3.05) is 11.9 Å². The van der Waals surface area contributed by atoms with E-state index in [9.17, 15) is 9.59 Å². The van der Waals surface area contributed by atoms with Gasteiger partial charge in [0.25, 0.3) is 0 Å². The number of hydrogen-bond acceptors (Lipinski definition) is 5. The Balaban J connectivity index is 1.60. The maximum Gasteiger partial charge on any atom is 0.341 e. The van der Waals surface area contributed by atoms with Crippen molar-refractivity contribution in [3.05, 3.63) is 51.9 Å². The zero-order valence-corrected chi connectivity index (χ0v) is 21.3. The highest BCUT2D eigenvalue weighted by molar-refractivity contribution is 7.17. The van der Waals surface area contributed by atoms with Crippen LogP contribution in [0, 0.1) is 5.92 Å². The molecule has 4 rings (SSSR count). The number of amides is 1. The maximum absolute atomic E-state index is 13.7.